The first-order valence-electron chi connectivity index (χ1n) is 11.8. The summed E-state index contributed by atoms with van der Waals surface area (Å²) in [7, 11) is 2.00. The number of aromatic nitrogens is 1. The highest BCUT2D eigenvalue weighted by atomic mass is 32.2. The highest BCUT2D eigenvalue weighted by Gasteiger charge is 2.31. The van der Waals surface area contributed by atoms with Crippen LogP contribution in [0.5, 0.6) is 0 Å². The molecule has 3 aromatic rings. The van der Waals surface area contributed by atoms with Gasteiger partial charge in [0.1, 0.15) is 6.10 Å². The van der Waals surface area contributed by atoms with E-state index < -0.39 is 0 Å². The summed E-state index contributed by atoms with van der Waals surface area (Å²) in [6.45, 7) is 5.54. The number of rotatable bonds is 5. The molecule has 0 aliphatic carbocycles. The third-order valence-electron chi connectivity index (χ3n) is 6.46. The number of nitrogens with zero attached hydrogens (tertiary/aromatic N) is 4. The number of fused-ring (bicyclic) bond motifs is 1. The first-order valence-corrected chi connectivity index (χ1v) is 12.6. The molecule has 2 fully saturated rings. The van der Waals surface area contributed by atoms with Crippen molar-refractivity contribution in [1.82, 2.24) is 19.7 Å². The molecule has 1 N–H and O–H groups in total. The third-order valence-corrected chi connectivity index (χ3v) is 7.33. The van der Waals surface area contributed by atoms with E-state index in [1.807, 2.05) is 62.5 Å². The standard InChI is InChI=1S/C26H29N5O3S/c1-18-15-20(8-9-22(18)28-35-23-7-3-5-19-6-4-10-27-24(19)23)25(32)30-11-13-31(14-12-30)26(33)34-21-16-29(2)17-21/h3-10,15,21,28H,11-14,16-17H2,1-2H3. The summed E-state index contributed by atoms with van der Waals surface area (Å²) in [5.41, 5.74) is 3.55. The van der Waals surface area contributed by atoms with Crippen LogP contribution in [0.15, 0.2) is 59.6 Å². The Balaban J connectivity index is 1.16. The highest BCUT2D eigenvalue weighted by molar-refractivity contribution is 8.00. The second kappa shape index (κ2) is 10.1. The van der Waals surface area contributed by atoms with Crippen LogP contribution in [-0.2, 0) is 4.74 Å². The lowest BCUT2D eigenvalue weighted by Crippen LogP contribution is -2.55. The number of anilines is 1. The number of amides is 2. The molecular formula is C26H29N5O3S. The molecule has 0 spiro atoms. The second-order valence-electron chi connectivity index (χ2n) is 9.07. The number of para-hydroxylation sites is 1. The van der Waals surface area contributed by atoms with Gasteiger partial charge in [0, 0.05) is 62.1 Å². The monoisotopic (exact) mass is 491 g/mol. The third kappa shape index (κ3) is 5.21. The quantitative estimate of drug-likeness (QED) is 0.543. The zero-order valence-corrected chi connectivity index (χ0v) is 20.8. The van der Waals surface area contributed by atoms with Gasteiger partial charge in [-0.3, -0.25) is 14.7 Å². The minimum absolute atomic E-state index is 0.0146. The SMILES string of the molecule is Cc1cc(C(=O)N2CCN(C(=O)OC3CN(C)C3)CC2)ccc1NSc1cccc2cccnc12. The van der Waals surface area contributed by atoms with Crippen molar-refractivity contribution in [3.8, 4) is 0 Å². The average molecular weight is 492 g/mol. The topological polar surface area (TPSA) is 78.0 Å². The van der Waals surface area contributed by atoms with Gasteiger partial charge in [0.05, 0.1) is 10.4 Å². The van der Waals surface area contributed by atoms with Crippen LogP contribution in [0.3, 0.4) is 0 Å². The van der Waals surface area contributed by atoms with Crippen LogP contribution in [0.2, 0.25) is 0 Å². The number of likely N-dealkylation sites (N-methyl/N-ethyl adjacent to an activating group) is 1. The summed E-state index contributed by atoms with van der Waals surface area (Å²) in [6, 6.07) is 15.8. The van der Waals surface area contributed by atoms with Gasteiger partial charge in [-0.2, -0.15) is 0 Å². The molecule has 2 aromatic carbocycles. The molecule has 9 heteroatoms. The van der Waals surface area contributed by atoms with Gasteiger partial charge in [-0.15, -0.1) is 0 Å². The molecule has 2 amide bonds. The van der Waals surface area contributed by atoms with Crippen LogP contribution < -0.4 is 4.72 Å². The zero-order valence-electron chi connectivity index (χ0n) is 19.9. The van der Waals surface area contributed by atoms with E-state index in [2.05, 4.69) is 14.6 Å². The second-order valence-corrected chi connectivity index (χ2v) is 9.92. The molecule has 5 rings (SSSR count). The zero-order chi connectivity index (χ0) is 24.4. The van der Waals surface area contributed by atoms with Crippen molar-refractivity contribution in [2.75, 3.05) is 51.0 Å². The first kappa shape index (κ1) is 23.4. The average Bonchev–Trinajstić information content (AvgIpc) is 2.86. The van der Waals surface area contributed by atoms with Crippen LogP contribution in [0.25, 0.3) is 10.9 Å². The molecule has 2 saturated heterocycles. The van der Waals surface area contributed by atoms with E-state index in [0.717, 1.165) is 40.1 Å². The lowest BCUT2D eigenvalue weighted by atomic mass is 10.1. The number of aryl methyl sites for hydroxylation is 1. The fraction of sp³-hybridized carbons (Fsp3) is 0.346. The molecule has 35 heavy (non-hydrogen) atoms. The van der Waals surface area contributed by atoms with E-state index >= 15 is 0 Å². The molecule has 182 valence electrons. The van der Waals surface area contributed by atoms with E-state index in [0.29, 0.717) is 31.7 Å². The number of hydrogen-bond acceptors (Lipinski definition) is 7. The van der Waals surface area contributed by atoms with Crippen molar-refractivity contribution in [1.29, 1.82) is 0 Å². The van der Waals surface area contributed by atoms with Gasteiger partial charge >= 0.3 is 6.09 Å². The maximum absolute atomic E-state index is 13.1. The van der Waals surface area contributed by atoms with Gasteiger partial charge in [0.15, 0.2) is 0 Å². The summed E-state index contributed by atoms with van der Waals surface area (Å²) in [5.74, 6) is -0.0146. The van der Waals surface area contributed by atoms with Crippen molar-refractivity contribution in [3.05, 3.63) is 65.9 Å². The maximum Gasteiger partial charge on any atom is 0.410 e. The summed E-state index contributed by atoms with van der Waals surface area (Å²) in [5, 5.41) is 1.10. The Labute approximate surface area is 209 Å². The van der Waals surface area contributed by atoms with E-state index in [4.69, 9.17) is 4.74 Å². The Hall–Kier alpha value is -3.30. The van der Waals surface area contributed by atoms with Crippen LogP contribution in [-0.4, -0.2) is 84.1 Å². The lowest BCUT2D eigenvalue weighted by Gasteiger charge is -2.38. The molecule has 8 nitrogen and oxygen atoms in total. The number of likely N-dealkylation sites (tertiary alicyclic amines) is 1. The molecule has 2 aliphatic rings. The first-order chi connectivity index (χ1) is 17.0. The Bertz CT molecular complexity index is 1230. The van der Waals surface area contributed by atoms with E-state index in [1.165, 1.54) is 11.9 Å². The maximum atomic E-state index is 13.1. The summed E-state index contributed by atoms with van der Waals surface area (Å²) < 4.78 is 8.92. The summed E-state index contributed by atoms with van der Waals surface area (Å²) in [6.07, 6.45) is 1.51. The van der Waals surface area contributed by atoms with E-state index in [1.54, 1.807) is 16.0 Å². The summed E-state index contributed by atoms with van der Waals surface area (Å²) in [4.78, 5) is 36.6. The van der Waals surface area contributed by atoms with Crippen LogP contribution in [0.4, 0.5) is 10.5 Å². The predicted octanol–water partition coefficient (Wildman–Crippen LogP) is 3.87. The minimum atomic E-state index is -0.277. The van der Waals surface area contributed by atoms with E-state index in [9.17, 15) is 9.59 Å². The molecular weight excluding hydrogens is 462 g/mol. The van der Waals surface area contributed by atoms with Gasteiger partial charge in [0.2, 0.25) is 0 Å². The number of carbonyl (C=O) groups is 2. The molecule has 0 bridgehead atoms. The number of pyridine rings is 1. The number of benzene rings is 2. The minimum Gasteiger partial charge on any atom is -0.443 e. The van der Waals surface area contributed by atoms with Gasteiger partial charge < -0.3 is 19.3 Å². The molecule has 2 aliphatic heterocycles. The van der Waals surface area contributed by atoms with Crippen molar-refractivity contribution in [2.45, 2.75) is 17.9 Å². The van der Waals surface area contributed by atoms with Gasteiger partial charge in [-0.25, -0.2) is 4.79 Å². The molecule has 0 radical (unpaired) electrons. The predicted molar refractivity (Wildman–Crippen MR) is 138 cm³/mol. The van der Waals surface area contributed by atoms with Crippen molar-refractivity contribution >= 4 is 40.5 Å². The highest BCUT2D eigenvalue weighted by Crippen LogP contribution is 2.29. The van der Waals surface area contributed by atoms with Crippen LogP contribution in [0.1, 0.15) is 15.9 Å². The fourth-order valence-electron chi connectivity index (χ4n) is 4.39. The van der Waals surface area contributed by atoms with Crippen molar-refractivity contribution in [3.63, 3.8) is 0 Å². The van der Waals surface area contributed by atoms with E-state index in [-0.39, 0.29) is 18.1 Å². The fourth-order valence-corrected chi connectivity index (χ4v) is 5.25. The van der Waals surface area contributed by atoms with Gasteiger partial charge in [-0.1, -0.05) is 18.2 Å². The Morgan fingerprint density at radius 1 is 1.03 bits per heavy atom. The number of hydrogen-bond donors (Lipinski definition) is 1. The molecule has 0 unspecified atom stereocenters. The Morgan fingerprint density at radius 2 is 1.77 bits per heavy atom. The van der Waals surface area contributed by atoms with Crippen LogP contribution >= 0.6 is 11.9 Å². The van der Waals surface area contributed by atoms with Crippen molar-refractivity contribution < 1.29 is 14.3 Å². The normalized spacial score (nSPS) is 16.7. The van der Waals surface area contributed by atoms with Crippen LogP contribution in [0, 0.1) is 6.92 Å². The molecule has 3 heterocycles. The number of ether oxygens (including phenoxy) is 1. The van der Waals surface area contributed by atoms with Crippen molar-refractivity contribution in [2.24, 2.45) is 0 Å². The largest absolute Gasteiger partial charge is 0.443 e. The number of nitrogens with one attached hydrogen (secondary N) is 1. The molecule has 0 saturated carbocycles. The molecule has 0 atom stereocenters. The Kier molecular flexibility index (Phi) is 6.79. The smallest absolute Gasteiger partial charge is 0.410 e. The summed E-state index contributed by atoms with van der Waals surface area (Å²) >= 11 is 1.51. The Morgan fingerprint density at radius 3 is 2.51 bits per heavy atom. The molecule has 1 aromatic heterocycles. The number of carbonyl (C=O) groups excluding carboxylic acids is 2. The van der Waals surface area contributed by atoms with Gasteiger partial charge in [-0.05, 0) is 61.8 Å². The van der Waals surface area contributed by atoms with Gasteiger partial charge in [0.25, 0.3) is 5.91 Å². The lowest BCUT2D eigenvalue weighted by molar-refractivity contribution is -0.0195. The number of piperazine rings is 1.